The number of nitrogens with zero attached hydrogens (tertiary/aromatic N) is 4. The fraction of sp³-hybridized carbons (Fsp3) is 0.707. The van der Waals surface area contributed by atoms with E-state index in [1.54, 1.807) is 24.5 Å². The van der Waals surface area contributed by atoms with Crippen molar-refractivity contribution in [3.05, 3.63) is 35.1 Å². The fourth-order valence-corrected chi connectivity index (χ4v) is 5.55. The van der Waals surface area contributed by atoms with Crippen LogP contribution in [-0.2, 0) is 42.6 Å². The number of benzene rings is 1. The third-order valence-electron chi connectivity index (χ3n) is 8.63. The van der Waals surface area contributed by atoms with Gasteiger partial charge in [0.1, 0.15) is 0 Å². The molecule has 19 heteroatoms. The number of hydrogen-bond acceptors (Lipinski definition) is 16. The molecule has 4 N–H and O–H groups in total. The lowest BCUT2D eigenvalue weighted by atomic mass is 10.1. The standard InChI is InChI=1S/C41H68ClN7O11/c1-6-10-52-12-14-54-16-18-56-20-22-58-24-26-60-27-25-59-23-21-57-19-17-55-15-13-53-11-9-43-40(51)34-8-7-33(28-35(34)42)45-38-37-39(49(30-44-37)32(4)5)48-41(47-38)46-36(29-50)31(2)3/h7-8,28,30-32,36,50H,6,9-27,29H2,1-5H3,(H,43,51)(H2,45,46,47,48)/t36-/m1/s1. The topological polar surface area (TPSA) is 200 Å². The van der Waals surface area contributed by atoms with Gasteiger partial charge in [-0.15, -0.1) is 0 Å². The molecule has 0 bridgehead atoms. The minimum absolute atomic E-state index is 0.0673. The van der Waals surface area contributed by atoms with E-state index in [1.165, 1.54) is 0 Å². The Morgan fingerprint density at radius 2 is 1.20 bits per heavy atom. The second kappa shape index (κ2) is 31.6. The number of aliphatic hydroxyl groups excluding tert-OH is 1. The molecule has 1 aromatic carbocycles. The average Bonchev–Trinajstić information content (AvgIpc) is 3.67. The lowest BCUT2D eigenvalue weighted by molar-refractivity contribution is -0.0249. The molecule has 1 amide bonds. The minimum atomic E-state index is -0.319. The maximum atomic E-state index is 12.9. The number of hydrogen-bond donors (Lipinski definition) is 4. The molecule has 3 aromatic rings. The fourth-order valence-electron chi connectivity index (χ4n) is 5.29. The smallest absolute Gasteiger partial charge is 0.252 e. The van der Waals surface area contributed by atoms with E-state index in [9.17, 15) is 9.90 Å². The molecule has 1 atom stereocenters. The maximum absolute atomic E-state index is 12.9. The van der Waals surface area contributed by atoms with Crippen LogP contribution in [0.15, 0.2) is 24.5 Å². The summed E-state index contributed by atoms with van der Waals surface area (Å²) >= 11 is 6.55. The van der Waals surface area contributed by atoms with Gasteiger partial charge in [-0.2, -0.15) is 9.97 Å². The van der Waals surface area contributed by atoms with Crippen LogP contribution in [0.5, 0.6) is 0 Å². The first-order chi connectivity index (χ1) is 29.2. The van der Waals surface area contributed by atoms with E-state index in [4.69, 9.17) is 59.2 Å². The number of nitrogens with one attached hydrogen (secondary N) is 3. The Kier molecular flexibility index (Phi) is 26.9. The molecule has 2 heterocycles. The number of amides is 1. The van der Waals surface area contributed by atoms with Gasteiger partial charge in [0.15, 0.2) is 17.0 Å². The molecule has 0 fully saturated rings. The summed E-state index contributed by atoms with van der Waals surface area (Å²) in [7, 11) is 0. The third-order valence-corrected chi connectivity index (χ3v) is 8.94. The Morgan fingerprint density at radius 1 is 0.717 bits per heavy atom. The van der Waals surface area contributed by atoms with Crippen LogP contribution in [0, 0.1) is 5.92 Å². The highest BCUT2D eigenvalue weighted by Gasteiger charge is 2.19. The highest BCUT2D eigenvalue weighted by molar-refractivity contribution is 6.34. The molecule has 0 aliphatic carbocycles. The molecule has 3 rings (SSSR count). The quantitative estimate of drug-likeness (QED) is 0.0589. The number of carbonyl (C=O) groups excluding carboxylic acids is 1. The number of ether oxygens (including phenoxy) is 9. The van der Waals surface area contributed by atoms with Gasteiger partial charge in [0.05, 0.1) is 142 Å². The highest BCUT2D eigenvalue weighted by atomic mass is 35.5. The summed E-state index contributed by atoms with van der Waals surface area (Å²) in [5.41, 5.74) is 2.17. The highest BCUT2D eigenvalue weighted by Crippen LogP contribution is 2.29. The molecule has 2 aromatic heterocycles. The Bertz CT molecular complexity index is 1590. The van der Waals surface area contributed by atoms with Crippen LogP contribution in [0.4, 0.5) is 17.5 Å². The number of halogens is 1. The molecule has 18 nitrogen and oxygen atoms in total. The van der Waals surface area contributed by atoms with Crippen molar-refractivity contribution in [2.75, 3.05) is 143 Å². The van der Waals surface area contributed by atoms with Gasteiger partial charge in [-0.1, -0.05) is 32.4 Å². The van der Waals surface area contributed by atoms with Crippen LogP contribution in [0.3, 0.4) is 0 Å². The average molecular weight is 870 g/mol. The Hall–Kier alpha value is -3.27. The summed E-state index contributed by atoms with van der Waals surface area (Å²) in [5, 5.41) is 19.5. The number of fused-ring (bicyclic) bond motifs is 1. The van der Waals surface area contributed by atoms with Gasteiger partial charge >= 0.3 is 0 Å². The minimum Gasteiger partial charge on any atom is -0.394 e. The van der Waals surface area contributed by atoms with Crippen molar-refractivity contribution in [2.45, 2.75) is 53.1 Å². The van der Waals surface area contributed by atoms with E-state index in [2.05, 4.69) is 32.8 Å². The van der Waals surface area contributed by atoms with Crippen molar-refractivity contribution in [1.82, 2.24) is 24.8 Å². The summed E-state index contributed by atoms with van der Waals surface area (Å²) in [6.07, 6.45) is 2.74. The zero-order valence-corrected chi connectivity index (χ0v) is 36.8. The monoisotopic (exact) mass is 869 g/mol. The van der Waals surface area contributed by atoms with Crippen molar-refractivity contribution in [3.63, 3.8) is 0 Å². The molecule has 340 valence electrons. The van der Waals surface area contributed by atoms with Gasteiger partial charge in [-0.25, -0.2) is 4.98 Å². The number of carbonyl (C=O) groups is 1. The molecule has 0 radical (unpaired) electrons. The summed E-state index contributed by atoms with van der Waals surface area (Å²) in [5.74, 6) is 0.658. The predicted molar refractivity (Wildman–Crippen MR) is 230 cm³/mol. The molecule has 0 saturated carbocycles. The first-order valence-electron chi connectivity index (χ1n) is 20.9. The van der Waals surface area contributed by atoms with Crippen LogP contribution in [0.2, 0.25) is 5.02 Å². The van der Waals surface area contributed by atoms with Crippen molar-refractivity contribution < 1.29 is 52.5 Å². The number of anilines is 3. The molecule has 60 heavy (non-hydrogen) atoms. The van der Waals surface area contributed by atoms with Gasteiger partial charge in [-0.3, -0.25) is 4.79 Å². The predicted octanol–water partition coefficient (Wildman–Crippen LogP) is 4.52. The Balaban J connectivity index is 1.17. The zero-order chi connectivity index (χ0) is 43.2. The summed E-state index contributed by atoms with van der Waals surface area (Å²) in [4.78, 5) is 26.8. The van der Waals surface area contributed by atoms with Gasteiger partial charge in [0, 0.05) is 24.9 Å². The van der Waals surface area contributed by atoms with Crippen LogP contribution in [0.25, 0.3) is 11.2 Å². The number of aliphatic hydroxyl groups is 1. The van der Waals surface area contributed by atoms with Crippen LogP contribution < -0.4 is 16.0 Å². The van der Waals surface area contributed by atoms with Crippen molar-refractivity contribution in [1.29, 1.82) is 0 Å². The Morgan fingerprint density at radius 3 is 1.63 bits per heavy atom. The van der Waals surface area contributed by atoms with Crippen LogP contribution in [-0.4, -0.2) is 169 Å². The third kappa shape index (κ3) is 20.5. The molecule has 0 spiro atoms. The van der Waals surface area contributed by atoms with Gasteiger partial charge in [0.25, 0.3) is 5.91 Å². The first-order valence-corrected chi connectivity index (χ1v) is 21.3. The summed E-state index contributed by atoms with van der Waals surface area (Å²) in [6, 6.07) is 4.93. The normalized spacial score (nSPS) is 12.2. The van der Waals surface area contributed by atoms with E-state index in [0.29, 0.717) is 153 Å². The molecule has 0 aliphatic rings. The van der Waals surface area contributed by atoms with E-state index in [-0.39, 0.29) is 35.5 Å². The number of imidazole rings is 1. The van der Waals surface area contributed by atoms with Gasteiger partial charge in [-0.05, 0) is 44.4 Å². The second-order valence-corrected chi connectivity index (χ2v) is 14.5. The van der Waals surface area contributed by atoms with Crippen LogP contribution in [0.1, 0.15) is 57.4 Å². The van der Waals surface area contributed by atoms with Crippen LogP contribution >= 0.6 is 11.6 Å². The summed E-state index contributed by atoms with van der Waals surface area (Å²) < 4.78 is 51.3. The zero-order valence-electron chi connectivity index (χ0n) is 36.1. The van der Waals surface area contributed by atoms with Crippen molar-refractivity contribution >= 4 is 46.1 Å². The lowest BCUT2D eigenvalue weighted by Gasteiger charge is -2.20. The van der Waals surface area contributed by atoms with E-state index in [1.807, 2.05) is 32.3 Å². The van der Waals surface area contributed by atoms with Crippen molar-refractivity contribution in [2.24, 2.45) is 5.92 Å². The molecular formula is C41H68ClN7O11. The van der Waals surface area contributed by atoms with E-state index >= 15 is 0 Å². The van der Waals surface area contributed by atoms with Gasteiger partial charge < -0.3 is 68.3 Å². The lowest BCUT2D eigenvalue weighted by Crippen LogP contribution is -2.30. The first kappa shape index (κ1) is 51.1. The van der Waals surface area contributed by atoms with Gasteiger partial charge in [0.2, 0.25) is 5.95 Å². The molecule has 0 unspecified atom stereocenters. The maximum Gasteiger partial charge on any atom is 0.252 e. The van der Waals surface area contributed by atoms with E-state index in [0.717, 1.165) is 13.0 Å². The molecule has 0 aliphatic heterocycles. The summed E-state index contributed by atoms with van der Waals surface area (Å²) in [6.45, 7) is 19.4. The second-order valence-electron chi connectivity index (χ2n) is 14.1. The van der Waals surface area contributed by atoms with E-state index < -0.39 is 0 Å². The molecule has 0 saturated heterocycles. The number of rotatable bonds is 37. The SMILES string of the molecule is CCCOCCOCCOCCOCCOCCOCCOCCOCCOCCNC(=O)c1ccc(Nc2nc(N[C@H](CO)C(C)C)nc3c2ncn3C(C)C)cc1Cl. The Labute approximate surface area is 359 Å². The van der Waals surface area contributed by atoms with Crippen molar-refractivity contribution in [3.8, 4) is 0 Å². The largest absolute Gasteiger partial charge is 0.394 e. The number of aromatic nitrogens is 4. The molecular weight excluding hydrogens is 802 g/mol.